The van der Waals surface area contributed by atoms with E-state index in [1.807, 2.05) is 12.1 Å². The van der Waals surface area contributed by atoms with Crippen LogP contribution >= 0.6 is 0 Å². The monoisotopic (exact) mass is 385 g/mol. The third kappa shape index (κ3) is 4.66. The highest BCUT2D eigenvalue weighted by molar-refractivity contribution is 5.95. The SMILES string of the molecule is CCCCC1=C(C(=O)OCC)C(c2ccc(N3CCCCC3)cc2)NC(=O)N1. The summed E-state index contributed by atoms with van der Waals surface area (Å²) in [6.45, 7) is 6.35. The number of anilines is 1. The molecule has 1 aromatic carbocycles. The molecule has 1 aromatic rings. The van der Waals surface area contributed by atoms with Gasteiger partial charge in [0.05, 0.1) is 18.2 Å². The second-order valence-electron chi connectivity index (χ2n) is 7.39. The standard InChI is InChI=1S/C22H31N3O3/c1-3-5-9-18-19(21(26)28-4-2)20(24-22(27)23-18)16-10-12-17(13-11-16)25-14-7-6-8-15-25/h10-13,20H,3-9,14-15H2,1-2H3,(H2,23,24,27). The second-order valence-corrected chi connectivity index (χ2v) is 7.39. The quantitative estimate of drug-likeness (QED) is 0.695. The lowest BCUT2D eigenvalue weighted by Gasteiger charge is -2.31. The molecule has 152 valence electrons. The number of amides is 2. The van der Waals surface area contributed by atoms with E-state index in [1.54, 1.807) is 6.92 Å². The van der Waals surface area contributed by atoms with Gasteiger partial charge in [-0.25, -0.2) is 9.59 Å². The van der Waals surface area contributed by atoms with Crippen LogP contribution in [0.4, 0.5) is 10.5 Å². The number of hydrogen-bond acceptors (Lipinski definition) is 4. The fourth-order valence-corrected chi connectivity index (χ4v) is 3.90. The Morgan fingerprint density at radius 3 is 2.50 bits per heavy atom. The van der Waals surface area contributed by atoms with E-state index >= 15 is 0 Å². The van der Waals surface area contributed by atoms with Gasteiger partial charge in [-0.3, -0.25) is 0 Å². The molecule has 0 aromatic heterocycles. The summed E-state index contributed by atoms with van der Waals surface area (Å²) in [5.41, 5.74) is 3.28. The summed E-state index contributed by atoms with van der Waals surface area (Å²) in [5.74, 6) is -0.369. The maximum Gasteiger partial charge on any atom is 0.338 e. The normalized spacial score (nSPS) is 19.9. The van der Waals surface area contributed by atoms with Gasteiger partial charge in [0.2, 0.25) is 0 Å². The molecule has 2 aliphatic rings. The van der Waals surface area contributed by atoms with Crippen LogP contribution < -0.4 is 15.5 Å². The average molecular weight is 386 g/mol. The Balaban J connectivity index is 1.89. The molecule has 2 N–H and O–H groups in total. The number of nitrogens with one attached hydrogen (secondary N) is 2. The van der Waals surface area contributed by atoms with E-state index in [-0.39, 0.29) is 12.0 Å². The highest BCUT2D eigenvalue weighted by Crippen LogP contribution is 2.31. The van der Waals surface area contributed by atoms with Crippen LogP contribution in [0.5, 0.6) is 0 Å². The van der Waals surface area contributed by atoms with Gasteiger partial charge in [0.15, 0.2) is 0 Å². The van der Waals surface area contributed by atoms with Crippen molar-refractivity contribution in [3.05, 3.63) is 41.1 Å². The molecule has 28 heavy (non-hydrogen) atoms. The summed E-state index contributed by atoms with van der Waals surface area (Å²) < 4.78 is 5.30. The third-order valence-corrected chi connectivity index (χ3v) is 5.38. The zero-order valence-electron chi connectivity index (χ0n) is 16.9. The lowest BCUT2D eigenvalue weighted by atomic mass is 9.93. The number of piperidine rings is 1. The molecular weight excluding hydrogens is 354 g/mol. The van der Waals surface area contributed by atoms with Gasteiger partial charge < -0.3 is 20.3 Å². The topological polar surface area (TPSA) is 70.7 Å². The van der Waals surface area contributed by atoms with Gasteiger partial charge in [0, 0.05) is 24.5 Å². The molecule has 1 saturated heterocycles. The van der Waals surface area contributed by atoms with Gasteiger partial charge in [-0.2, -0.15) is 0 Å². The van der Waals surface area contributed by atoms with Gasteiger partial charge in [-0.1, -0.05) is 25.5 Å². The van der Waals surface area contributed by atoms with E-state index < -0.39 is 6.04 Å². The van der Waals surface area contributed by atoms with Gasteiger partial charge in [-0.15, -0.1) is 0 Å². The molecule has 0 radical (unpaired) electrons. The summed E-state index contributed by atoms with van der Waals surface area (Å²) in [6, 6.07) is 7.43. The minimum absolute atomic E-state index is 0.274. The number of esters is 1. The maximum atomic E-state index is 12.7. The third-order valence-electron chi connectivity index (χ3n) is 5.38. The summed E-state index contributed by atoms with van der Waals surface area (Å²) in [7, 11) is 0. The molecule has 6 heteroatoms. The Bertz CT molecular complexity index is 721. The number of carbonyl (C=O) groups is 2. The van der Waals surface area contributed by atoms with Crippen molar-refractivity contribution in [3.63, 3.8) is 0 Å². The Hall–Kier alpha value is -2.50. The Kier molecular flexibility index (Phi) is 6.95. The number of urea groups is 1. The molecule has 2 amide bonds. The molecule has 2 aliphatic heterocycles. The van der Waals surface area contributed by atoms with Gasteiger partial charge in [0.25, 0.3) is 0 Å². The van der Waals surface area contributed by atoms with Gasteiger partial charge >= 0.3 is 12.0 Å². The largest absolute Gasteiger partial charge is 0.463 e. The molecule has 0 saturated carbocycles. The molecule has 3 rings (SSSR count). The summed E-state index contributed by atoms with van der Waals surface area (Å²) >= 11 is 0. The van der Waals surface area contributed by atoms with Crippen LogP contribution in [0.3, 0.4) is 0 Å². The first kappa shape index (κ1) is 20.2. The predicted octanol–water partition coefficient (Wildman–Crippen LogP) is 4.04. The molecule has 0 bridgehead atoms. The zero-order valence-corrected chi connectivity index (χ0v) is 16.9. The first-order valence-corrected chi connectivity index (χ1v) is 10.5. The minimum Gasteiger partial charge on any atom is -0.463 e. The first-order valence-electron chi connectivity index (χ1n) is 10.5. The van der Waals surface area contributed by atoms with E-state index in [4.69, 9.17) is 4.74 Å². The molecule has 0 aliphatic carbocycles. The van der Waals surface area contributed by atoms with Crippen molar-refractivity contribution in [1.29, 1.82) is 0 Å². The highest BCUT2D eigenvalue weighted by Gasteiger charge is 2.33. The maximum absolute atomic E-state index is 12.7. The Labute approximate surface area is 167 Å². The Morgan fingerprint density at radius 1 is 1.14 bits per heavy atom. The lowest BCUT2D eigenvalue weighted by molar-refractivity contribution is -0.139. The molecule has 0 spiro atoms. The zero-order chi connectivity index (χ0) is 19.9. The van der Waals surface area contributed by atoms with Gasteiger partial charge in [0.1, 0.15) is 0 Å². The van der Waals surface area contributed by atoms with Crippen molar-refractivity contribution in [3.8, 4) is 0 Å². The lowest BCUT2D eigenvalue weighted by Crippen LogP contribution is -2.46. The first-order chi connectivity index (χ1) is 13.6. The van der Waals surface area contributed by atoms with Crippen LogP contribution in [-0.2, 0) is 9.53 Å². The number of allylic oxidation sites excluding steroid dienone is 1. The van der Waals surface area contributed by atoms with E-state index in [0.29, 0.717) is 24.3 Å². The van der Waals surface area contributed by atoms with Crippen LogP contribution in [0.2, 0.25) is 0 Å². The van der Waals surface area contributed by atoms with Crippen molar-refractivity contribution in [1.82, 2.24) is 10.6 Å². The van der Waals surface area contributed by atoms with E-state index in [2.05, 4.69) is 34.6 Å². The van der Waals surface area contributed by atoms with Crippen molar-refractivity contribution in [2.75, 3.05) is 24.6 Å². The molecule has 6 nitrogen and oxygen atoms in total. The smallest absolute Gasteiger partial charge is 0.338 e. The second kappa shape index (κ2) is 9.62. The average Bonchev–Trinajstić information content (AvgIpc) is 2.72. The summed E-state index contributed by atoms with van der Waals surface area (Å²) in [5, 5.41) is 5.73. The van der Waals surface area contributed by atoms with Crippen LogP contribution in [0.15, 0.2) is 35.5 Å². The summed E-state index contributed by atoms with van der Waals surface area (Å²) in [6.07, 6.45) is 6.28. The van der Waals surface area contributed by atoms with Crippen molar-refractivity contribution in [2.24, 2.45) is 0 Å². The van der Waals surface area contributed by atoms with Crippen molar-refractivity contribution >= 4 is 17.7 Å². The number of nitrogens with zero attached hydrogens (tertiary/aromatic N) is 1. The van der Waals surface area contributed by atoms with E-state index in [1.165, 1.54) is 24.9 Å². The van der Waals surface area contributed by atoms with Crippen LogP contribution in [0.1, 0.15) is 64.0 Å². The number of ether oxygens (including phenoxy) is 1. The van der Waals surface area contributed by atoms with E-state index in [9.17, 15) is 9.59 Å². The predicted molar refractivity (Wildman–Crippen MR) is 110 cm³/mol. The molecular formula is C22H31N3O3. The van der Waals surface area contributed by atoms with Crippen molar-refractivity contribution < 1.29 is 14.3 Å². The number of carbonyl (C=O) groups excluding carboxylic acids is 2. The summed E-state index contributed by atoms with van der Waals surface area (Å²) in [4.78, 5) is 27.3. The molecule has 1 unspecified atom stereocenters. The molecule has 1 atom stereocenters. The number of benzene rings is 1. The van der Waals surface area contributed by atoms with E-state index in [0.717, 1.165) is 31.5 Å². The van der Waals surface area contributed by atoms with Crippen LogP contribution in [0, 0.1) is 0 Å². The highest BCUT2D eigenvalue weighted by atomic mass is 16.5. The number of hydrogen-bond donors (Lipinski definition) is 2. The van der Waals surface area contributed by atoms with Crippen molar-refractivity contribution in [2.45, 2.75) is 58.4 Å². The number of unbranched alkanes of at least 4 members (excludes halogenated alkanes) is 1. The van der Waals surface area contributed by atoms with Gasteiger partial charge in [-0.05, 0) is 56.7 Å². The minimum atomic E-state index is -0.491. The fraction of sp³-hybridized carbons (Fsp3) is 0.545. The van der Waals surface area contributed by atoms with Crippen LogP contribution in [0.25, 0.3) is 0 Å². The Morgan fingerprint density at radius 2 is 1.86 bits per heavy atom. The molecule has 2 heterocycles. The molecule has 1 fully saturated rings. The van der Waals surface area contributed by atoms with Crippen LogP contribution in [-0.4, -0.2) is 31.7 Å². The number of rotatable bonds is 7. The fourth-order valence-electron chi connectivity index (χ4n) is 3.90.